The van der Waals surface area contributed by atoms with Gasteiger partial charge in [-0.05, 0) is 68.0 Å². The summed E-state index contributed by atoms with van der Waals surface area (Å²) >= 11 is 0. The summed E-state index contributed by atoms with van der Waals surface area (Å²) in [6.45, 7) is 6.24. The van der Waals surface area contributed by atoms with E-state index in [0.29, 0.717) is 38.6 Å². The van der Waals surface area contributed by atoms with Crippen LogP contribution < -0.4 is 15.0 Å². The molecule has 188 valence electrons. The minimum Gasteiger partial charge on any atom is -0.497 e. The Morgan fingerprint density at radius 1 is 1.06 bits per heavy atom. The lowest BCUT2D eigenvalue weighted by Crippen LogP contribution is -2.48. The van der Waals surface area contributed by atoms with Crippen molar-refractivity contribution in [2.45, 2.75) is 32.6 Å². The number of benzene rings is 1. The highest BCUT2D eigenvalue weighted by Crippen LogP contribution is 2.29. The Morgan fingerprint density at radius 3 is 2.51 bits per heavy atom. The molecule has 1 aromatic carbocycles. The summed E-state index contributed by atoms with van der Waals surface area (Å²) in [6, 6.07) is 11.6. The van der Waals surface area contributed by atoms with Crippen LogP contribution >= 0.6 is 0 Å². The normalized spacial score (nSPS) is 15.9. The van der Waals surface area contributed by atoms with Gasteiger partial charge in [0.1, 0.15) is 12.3 Å². The van der Waals surface area contributed by atoms with E-state index in [4.69, 9.17) is 4.74 Å². The van der Waals surface area contributed by atoms with Crippen LogP contribution in [0, 0.1) is 5.92 Å². The first-order chi connectivity index (χ1) is 17.1. The molecule has 1 aromatic heterocycles. The van der Waals surface area contributed by atoms with Crippen LogP contribution in [0.25, 0.3) is 11.3 Å². The van der Waals surface area contributed by atoms with E-state index in [9.17, 15) is 9.59 Å². The van der Waals surface area contributed by atoms with Crippen LogP contribution in [0.5, 0.6) is 5.75 Å². The Balaban J connectivity index is 1.33. The van der Waals surface area contributed by atoms with E-state index in [2.05, 4.69) is 20.4 Å². The number of ether oxygens (including phenoxy) is 1. The van der Waals surface area contributed by atoms with Gasteiger partial charge in [0.05, 0.1) is 12.8 Å². The molecule has 1 aliphatic carbocycles. The zero-order valence-corrected chi connectivity index (χ0v) is 20.8. The standard InChI is InChI=1S/C26H36N6O3/c1-3-13-27-26(34)32(18-20-5-6-20)19-25(33)31-15-4-14-30(16-17-31)24-12-11-23(28-29-24)21-7-9-22(35-2)10-8-21/h7-12,20H,3-6,13-19H2,1-2H3,(H,27,34). The number of amides is 3. The summed E-state index contributed by atoms with van der Waals surface area (Å²) in [7, 11) is 1.65. The maximum Gasteiger partial charge on any atom is 0.317 e. The number of urea groups is 1. The molecule has 1 aliphatic heterocycles. The molecule has 0 bridgehead atoms. The van der Waals surface area contributed by atoms with E-state index in [0.717, 1.165) is 55.1 Å². The third-order valence-electron chi connectivity index (χ3n) is 6.52. The monoisotopic (exact) mass is 480 g/mol. The number of hydrogen-bond donors (Lipinski definition) is 1. The van der Waals surface area contributed by atoms with Crippen molar-refractivity contribution in [2.24, 2.45) is 5.92 Å². The van der Waals surface area contributed by atoms with Gasteiger partial charge in [-0.2, -0.15) is 0 Å². The third kappa shape index (κ3) is 6.83. The van der Waals surface area contributed by atoms with Crippen molar-refractivity contribution in [1.29, 1.82) is 0 Å². The van der Waals surface area contributed by atoms with Crippen molar-refractivity contribution in [3.8, 4) is 17.0 Å². The minimum atomic E-state index is -0.129. The molecule has 35 heavy (non-hydrogen) atoms. The summed E-state index contributed by atoms with van der Waals surface area (Å²) < 4.78 is 5.22. The van der Waals surface area contributed by atoms with Crippen molar-refractivity contribution in [3.63, 3.8) is 0 Å². The molecule has 2 heterocycles. The lowest BCUT2D eigenvalue weighted by atomic mass is 10.1. The van der Waals surface area contributed by atoms with Gasteiger partial charge < -0.3 is 24.8 Å². The SMILES string of the molecule is CCCNC(=O)N(CC(=O)N1CCCN(c2ccc(-c3ccc(OC)cc3)nn2)CC1)CC1CC1. The highest BCUT2D eigenvalue weighted by molar-refractivity contribution is 5.84. The summed E-state index contributed by atoms with van der Waals surface area (Å²) in [5.74, 6) is 2.17. The molecular formula is C26H36N6O3. The fraction of sp³-hybridized carbons (Fsp3) is 0.538. The molecule has 3 amide bonds. The Kier molecular flexibility index (Phi) is 8.39. The van der Waals surface area contributed by atoms with Gasteiger partial charge in [-0.1, -0.05) is 6.92 Å². The van der Waals surface area contributed by atoms with Crippen molar-refractivity contribution in [2.75, 3.05) is 57.8 Å². The van der Waals surface area contributed by atoms with Gasteiger partial charge in [-0.15, -0.1) is 10.2 Å². The molecule has 0 unspecified atom stereocenters. The average Bonchev–Trinajstić information content (AvgIpc) is 3.74. The summed E-state index contributed by atoms with van der Waals surface area (Å²) in [6.07, 6.45) is 4.01. The minimum absolute atomic E-state index is 0.0140. The van der Waals surface area contributed by atoms with E-state index in [1.54, 1.807) is 12.0 Å². The molecule has 1 N–H and O–H groups in total. The molecule has 0 atom stereocenters. The van der Waals surface area contributed by atoms with Gasteiger partial charge in [0.2, 0.25) is 5.91 Å². The van der Waals surface area contributed by atoms with Crippen LogP contribution in [0.1, 0.15) is 32.6 Å². The first kappa shape index (κ1) is 24.8. The maximum absolute atomic E-state index is 13.1. The highest BCUT2D eigenvalue weighted by atomic mass is 16.5. The van der Waals surface area contributed by atoms with Gasteiger partial charge in [0.25, 0.3) is 0 Å². The van der Waals surface area contributed by atoms with E-state index in [1.807, 2.05) is 48.2 Å². The van der Waals surface area contributed by atoms with E-state index in [-0.39, 0.29) is 18.5 Å². The molecule has 0 radical (unpaired) electrons. The van der Waals surface area contributed by atoms with Crippen LogP contribution in [-0.4, -0.2) is 84.9 Å². The number of methoxy groups -OCH3 is 1. The van der Waals surface area contributed by atoms with Gasteiger partial charge in [0.15, 0.2) is 5.82 Å². The quantitative estimate of drug-likeness (QED) is 0.593. The van der Waals surface area contributed by atoms with Crippen molar-refractivity contribution in [1.82, 2.24) is 25.3 Å². The summed E-state index contributed by atoms with van der Waals surface area (Å²) in [5, 5.41) is 11.8. The molecular weight excluding hydrogens is 444 g/mol. The molecule has 0 spiro atoms. The fourth-order valence-corrected chi connectivity index (χ4v) is 4.24. The molecule has 1 saturated carbocycles. The largest absolute Gasteiger partial charge is 0.497 e. The van der Waals surface area contributed by atoms with Gasteiger partial charge in [0, 0.05) is 44.8 Å². The van der Waals surface area contributed by atoms with Crippen LogP contribution in [0.2, 0.25) is 0 Å². The Hall–Kier alpha value is -3.36. The van der Waals surface area contributed by atoms with Gasteiger partial charge in [-0.25, -0.2) is 4.79 Å². The van der Waals surface area contributed by atoms with E-state index < -0.39 is 0 Å². The molecule has 9 heteroatoms. The summed E-state index contributed by atoms with van der Waals surface area (Å²) in [5.41, 5.74) is 1.79. The first-order valence-corrected chi connectivity index (χ1v) is 12.6. The van der Waals surface area contributed by atoms with Crippen LogP contribution in [-0.2, 0) is 4.79 Å². The second-order valence-corrected chi connectivity index (χ2v) is 9.28. The van der Waals surface area contributed by atoms with Gasteiger partial charge in [-0.3, -0.25) is 4.79 Å². The zero-order chi connectivity index (χ0) is 24.6. The Morgan fingerprint density at radius 2 is 1.86 bits per heavy atom. The number of carbonyl (C=O) groups is 2. The number of carbonyl (C=O) groups excluding carboxylic acids is 2. The zero-order valence-electron chi connectivity index (χ0n) is 20.8. The summed E-state index contributed by atoms with van der Waals surface area (Å²) in [4.78, 5) is 31.4. The number of nitrogens with one attached hydrogen (secondary N) is 1. The topological polar surface area (TPSA) is 90.9 Å². The smallest absolute Gasteiger partial charge is 0.317 e. The van der Waals surface area contributed by atoms with Crippen molar-refractivity contribution < 1.29 is 14.3 Å². The molecule has 2 aromatic rings. The van der Waals surface area contributed by atoms with Crippen LogP contribution in [0.4, 0.5) is 10.6 Å². The number of nitrogens with zero attached hydrogens (tertiary/aromatic N) is 5. The predicted octanol–water partition coefficient (Wildman–Crippen LogP) is 3.02. The third-order valence-corrected chi connectivity index (χ3v) is 6.52. The van der Waals surface area contributed by atoms with Crippen molar-refractivity contribution in [3.05, 3.63) is 36.4 Å². The molecule has 2 aliphatic rings. The predicted molar refractivity (Wildman–Crippen MR) is 135 cm³/mol. The number of anilines is 1. The number of hydrogen-bond acceptors (Lipinski definition) is 6. The van der Waals surface area contributed by atoms with Crippen LogP contribution in [0.15, 0.2) is 36.4 Å². The number of aromatic nitrogens is 2. The van der Waals surface area contributed by atoms with Gasteiger partial charge >= 0.3 is 6.03 Å². The second kappa shape index (κ2) is 11.9. The average molecular weight is 481 g/mol. The van der Waals surface area contributed by atoms with E-state index >= 15 is 0 Å². The van der Waals surface area contributed by atoms with Crippen LogP contribution in [0.3, 0.4) is 0 Å². The highest BCUT2D eigenvalue weighted by Gasteiger charge is 2.29. The Labute approximate surface area is 207 Å². The second-order valence-electron chi connectivity index (χ2n) is 9.28. The Bertz CT molecular complexity index is 978. The first-order valence-electron chi connectivity index (χ1n) is 12.6. The fourth-order valence-electron chi connectivity index (χ4n) is 4.24. The molecule has 9 nitrogen and oxygen atoms in total. The lowest BCUT2D eigenvalue weighted by Gasteiger charge is -2.27. The number of rotatable bonds is 9. The molecule has 1 saturated heterocycles. The molecule has 2 fully saturated rings. The van der Waals surface area contributed by atoms with Crippen molar-refractivity contribution >= 4 is 17.8 Å². The van der Waals surface area contributed by atoms with E-state index in [1.165, 1.54) is 0 Å². The molecule has 4 rings (SSSR count). The maximum atomic E-state index is 13.1. The lowest BCUT2D eigenvalue weighted by molar-refractivity contribution is -0.131.